The Morgan fingerprint density at radius 3 is 2.82 bits per heavy atom. The van der Waals surface area contributed by atoms with E-state index in [1.54, 1.807) is 19.5 Å². The zero-order chi connectivity index (χ0) is 12.1. The highest BCUT2D eigenvalue weighted by atomic mass is 32.1. The van der Waals surface area contributed by atoms with Crippen molar-refractivity contribution in [2.24, 2.45) is 0 Å². The number of anilines is 1. The fourth-order valence-corrected chi connectivity index (χ4v) is 1.87. The number of hydrogen-bond donors (Lipinski definition) is 1. The van der Waals surface area contributed by atoms with Gasteiger partial charge in [0.1, 0.15) is 0 Å². The first kappa shape index (κ1) is 11.7. The van der Waals surface area contributed by atoms with E-state index in [1.807, 2.05) is 0 Å². The number of aromatic nitrogens is 4. The van der Waals surface area contributed by atoms with Crippen molar-refractivity contribution in [3.63, 3.8) is 0 Å². The average Bonchev–Trinajstić information content (AvgIpc) is 2.84. The standard InChI is InChI=1S/C10H13N5OS/c1-3-4-12-9-7(14-17-15-9)8-10(16-2)13-6-5-11-8/h5-6H,3-4H2,1-2H3,(H,12,15). The minimum Gasteiger partial charge on any atom is -0.479 e. The molecule has 0 fully saturated rings. The summed E-state index contributed by atoms with van der Waals surface area (Å²) in [6.07, 6.45) is 4.22. The lowest BCUT2D eigenvalue weighted by molar-refractivity contribution is 0.397. The van der Waals surface area contributed by atoms with Crippen LogP contribution in [0.15, 0.2) is 12.4 Å². The first-order chi connectivity index (χ1) is 8.36. The smallest absolute Gasteiger partial charge is 0.242 e. The summed E-state index contributed by atoms with van der Waals surface area (Å²) in [5.41, 5.74) is 1.30. The van der Waals surface area contributed by atoms with Crippen LogP contribution in [0.25, 0.3) is 11.4 Å². The van der Waals surface area contributed by atoms with Gasteiger partial charge in [-0.15, -0.1) is 0 Å². The third-order valence-corrected chi connectivity index (χ3v) is 2.64. The predicted molar refractivity (Wildman–Crippen MR) is 66.3 cm³/mol. The lowest BCUT2D eigenvalue weighted by atomic mass is 10.3. The molecule has 2 heterocycles. The van der Waals surface area contributed by atoms with Crippen LogP contribution in [0, 0.1) is 0 Å². The average molecular weight is 251 g/mol. The zero-order valence-corrected chi connectivity index (χ0v) is 10.5. The van der Waals surface area contributed by atoms with Gasteiger partial charge >= 0.3 is 0 Å². The molecule has 0 aliphatic carbocycles. The van der Waals surface area contributed by atoms with Crippen molar-refractivity contribution in [1.29, 1.82) is 0 Å². The molecule has 17 heavy (non-hydrogen) atoms. The summed E-state index contributed by atoms with van der Waals surface area (Å²) in [6, 6.07) is 0. The number of nitrogens with zero attached hydrogens (tertiary/aromatic N) is 4. The second kappa shape index (κ2) is 5.53. The van der Waals surface area contributed by atoms with E-state index < -0.39 is 0 Å². The van der Waals surface area contributed by atoms with Crippen LogP contribution in [-0.2, 0) is 0 Å². The Labute approximate surface area is 103 Å². The van der Waals surface area contributed by atoms with E-state index in [0.29, 0.717) is 17.3 Å². The van der Waals surface area contributed by atoms with Gasteiger partial charge in [0.25, 0.3) is 0 Å². The first-order valence-corrected chi connectivity index (χ1v) is 6.01. The fraction of sp³-hybridized carbons (Fsp3) is 0.400. The van der Waals surface area contributed by atoms with Crippen molar-refractivity contribution in [1.82, 2.24) is 18.7 Å². The van der Waals surface area contributed by atoms with Gasteiger partial charge < -0.3 is 10.1 Å². The molecular formula is C10H13N5OS. The normalized spacial score (nSPS) is 10.2. The lowest BCUT2D eigenvalue weighted by Gasteiger charge is -2.05. The fourth-order valence-electron chi connectivity index (χ4n) is 1.34. The highest BCUT2D eigenvalue weighted by Gasteiger charge is 2.16. The van der Waals surface area contributed by atoms with Crippen LogP contribution in [0.4, 0.5) is 5.82 Å². The van der Waals surface area contributed by atoms with Gasteiger partial charge in [-0.3, -0.25) is 0 Å². The summed E-state index contributed by atoms with van der Waals surface area (Å²) in [5.74, 6) is 1.19. The third-order valence-electron chi connectivity index (χ3n) is 2.11. The second-order valence-electron chi connectivity index (χ2n) is 3.30. The molecule has 1 N–H and O–H groups in total. The minimum absolute atomic E-state index is 0.458. The van der Waals surface area contributed by atoms with Crippen LogP contribution in [0.5, 0.6) is 5.88 Å². The monoisotopic (exact) mass is 251 g/mol. The van der Waals surface area contributed by atoms with Crippen LogP contribution < -0.4 is 10.1 Å². The number of hydrogen-bond acceptors (Lipinski definition) is 7. The van der Waals surface area contributed by atoms with Crippen molar-refractivity contribution >= 4 is 17.5 Å². The molecule has 0 saturated heterocycles. The Balaban J connectivity index is 2.35. The number of methoxy groups -OCH3 is 1. The van der Waals surface area contributed by atoms with Gasteiger partial charge in [-0.05, 0) is 6.42 Å². The van der Waals surface area contributed by atoms with Crippen LogP contribution in [0.2, 0.25) is 0 Å². The van der Waals surface area contributed by atoms with Crippen molar-refractivity contribution in [3.8, 4) is 17.3 Å². The second-order valence-corrected chi connectivity index (χ2v) is 3.83. The molecule has 6 nitrogen and oxygen atoms in total. The summed E-state index contributed by atoms with van der Waals surface area (Å²) in [7, 11) is 1.56. The Kier molecular flexibility index (Phi) is 3.81. The van der Waals surface area contributed by atoms with Crippen LogP contribution >= 0.6 is 11.7 Å². The molecule has 2 aromatic heterocycles. The minimum atomic E-state index is 0.458. The largest absolute Gasteiger partial charge is 0.479 e. The van der Waals surface area contributed by atoms with Crippen molar-refractivity contribution in [2.45, 2.75) is 13.3 Å². The molecule has 2 aromatic rings. The van der Waals surface area contributed by atoms with Crippen molar-refractivity contribution < 1.29 is 4.74 Å². The number of rotatable bonds is 5. The van der Waals surface area contributed by atoms with Gasteiger partial charge in [0.2, 0.25) is 5.88 Å². The highest BCUT2D eigenvalue weighted by Crippen LogP contribution is 2.29. The summed E-state index contributed by atoms with van der Waals surface area (Å²) in [5, 5.41) is 3.21. The molecule has 0 aliphatic heterocycles. The first-order valence-electron chi connectivity index (χ1n) is 5.28. The predicted octanol–water partition coefficient (Wildman–Crippen LogP) is 1.83. The molecule has 0 bridgehead atoms. The van der Waals surface area contributed by atoms with E-state index in [1.165, 1.54) is 0 Å². The summed E-state index contributed by atoms with van der Waals surface area (Å²) >= 11 is 1.14. The Morgan fingerprint density at radius 1 is 1.24 bits per heavy atom. The molecule has 0 radical (unpaired) electrons. The van der Waals surface area contributed by atoms with Gasteiger partial charge in [-0.1, -0.05) is 6.92 Å². The van der Waals surface area contributed by atoms with Gasteiger partial charge in [0.05, 0.1) is 18.8 Å². The summed E-state index contributed by atoms with van der Waals surface area (Å²) < 4.78 is 13.6. The van der Waals surface area contributed by atoms with Gasteiger partial charge in [-0.25, -0.2) is 9.97 Å². The quantitative estimate of drug-likeness (QED) is 0.874. The van der Waals surface area contributed by atoms with E-state index in [4.69, 9.17) is 4.74 Å². The van der Waals surface area contributed by atoms with Crippen molar-refractivity contribution in [3.05, 3.63) is 12.4 Å². The molecule has 0 aromatic carbocycles. The maximum absolute atomic E-state index is 5.16. The zero-order valence-electron chi connectivity index (χ0n) is 9.67. The van der Waals surface area contributed by atoms with Crippen LogP contribution in [0.1, 0.15) is 13.3 Å². The lowest BCUT2D eigenvalue weighted by Crippen LogP contribution is -2.02. The molecule has 0 amide bonds. The van der Waals surface area contributed by atoms with E-state index >= 15 is 0 Å². The molecule has 0 saturated carbocycles. The number of ether oxygens (including phenoxy) is 1. The van der Waals surface area contributed by atoms with Gasteiger partial charge in [-0.2, -0.15) is 8.75 Å². The summed E-state index contributed by atoms with van der Waals surface area (Å²) in [6.45, 7) is 2.94. The van der Waals surface area contributed by atoms with E-state index in [2.05, 4.69) is 31.0 Å². The Bertz CT molecular complexity index is 487. The molecular weight excluding hydrogens is 238 g/mol. The molecule has 0 spiro atoms. The van der Waals surface area contributed by atoms with Crippen molar-refractivity contribution in [2.75, 3.05) is 19.0 Å². The van der Waals surface area contributed by atoms with E-state index in [9.17, 15) is 0 Å². The maximum atomic E-state index is 5.16. The van der Waals surface area contributed by atoms with Crippen LogP contribution in [0.3, 0.4) is 0 Å². The molecule has 0 aliphatic rings. The maximum Gasteiger partial charge on any atom is 0.242 e. The van der Waals surface area contributed by atoms with E-state index in [-0.39, 0.29) is 0 Å². The SMILES string of the molecule is CCCNc1nsnc1-c1nccnc1OC. The molecule has 2 rings (SSSR count). The Hall–Kier alpha value is -1.76. The van der Waals surface area contributed by atoms with Gasteiger partial charge in [0.15, 0.2) is 17.2 Å². The highest BCUT2D eigenvalue weighted by molar-refractivity contribution is 6.99. The summed E-state index contributed by atoms with van der Waals surface area (Å²) in [4.78, 5) is 8.34. The molecule has 90 valence electrons. The number of nitrogens with one attached hydrogen (secondary N) is 1. The third kappa shape index (κ3) is 2.50. The molecule has 0 atom stereocenters. The molecule has 0 unspecified atom stereocenters. The topological polar surface area (TPSA) is 72.8 Å². The van der Waals surface area contributed by atoms with E-state index in [0.717, 1.165) is 30.5 Å². The van der Waals surface area contributed by atoms with Crippen LogP contribution in [-0.4, -0.2) is 32.4 Å². The van der Waals surface area contributed by atoms with Gasteiger partial charge in [0, 0.05) is 18.9 Å². The Morgan fingerprint density at radius 2 is 2.06 bits per heavy atom. The molecule has 7 heteroatoms.